The standard InChI is InChI=1S/C13H15N5OS.C6H6OS/c19-13-16-6-8-18(13)7-5-15-12-14-4-3-10(17-12)11-2-1-9-20-11;7-4-3-6-2-1-5-8-6/h1-4,9H,5-8H2,(H,16,19)(H,14,15,17);1-2,4-5H,3H2. The predicted molar refractivity (Wildman–Crippen MR) is 113 cm³/mol. The summed E-state index contributed by atoms with van der Waals surface area (Å²) < 4.78 is 0. The molecule has 0 bridgehead atoms. The molecule has 0 unspecified atom stereocenters. The maximum atomic E-state index is 11.4. The number of carbonyl (C=O) groups excluding carboxylic acids is 2. The van der Waals surface area contributed by atoms with E-state index in [1.54, 1.807) is 33.8 Å². The van der Waals surface area contributed by atoms with Crippen molar-refractivity contribution in [1.82, 2.24) is 20.2 Å². The Kier molecular flexibility index (Phi) is 7.51. The molecule has 2 amide bonds. The van der Waals surface area contributed by atoms with Crippen LogP contribution >= 0.6 is 22.7 Å². The summed E-state index contributed by atoms with van der Waals surface area (Å²) >= 11 is 3.27. The minimum absolute atomic E-state index is 0.0000506. The summed E-state index contributed by atoms with van der Waals surface area (Å²) in [5.74, 6) is 0.593. The van der Waals surface area contributed by atoms with Crippen LogP contribution in [0, 0.1) is 0 Å². The van der Waals surface area contributed by atoms with Gasteiger partial charge in [-0.1, -0.05) is 12.1 Å². The van der Waals surface area contributed by atoms with Crippen molar-refractivity contribution in [2.24, 2.45) is 0 Å². The summed E-state index contributed by atoms with van der Waals surface area (Å²) in [4.78, 5) is 34.0. The zero-order valence-corrected chi connectivity index (χ0v) is 16.8. The molecular formula is C19H21N5O2S2. The number of hydrogen-bond acceptors (Lipinski definition) is 7. The molecule has 0 aromatic carbocycles. The van der Waals surface area contributed by atoms with Crippen LogP contribution in [0.1, 0.15) is 4.88 Å². The molecule has 28 heavy (non-hydrogen) atoms. The third-order valence-electron chi connectivity index (χ3n) is 3.90. The highest BCUT2D eigenvalue weighted by molar-refractivity contribution is 7.13. The van der Waals surface area contributed by atoms with E-state index in [1.807, 2.05) is 41.1 Å². The number of carbonyl (C=O) groups is 2. The Hall–Kier alpha value is -2.78. The number of rotatable bonds is 7. The average molecular weight is 416 g/mol. The number of aldehydes is 1. The summed E-state index contributed by atoms with van der Waals surface area (Å²) in [7, 11) is 0. The second-order valence-electron chi connectivity index (χ2n) is 5.84. The molecule has 0 atom stereocenters. The van der Waals surface area contributed by atoms with Crippen LogP contribution in [0.15, 0.2) is 47.3 Å². The van der Waals surface area contributed by atoms with Crippen molar-refractivity contribution in [2.75, 3.05) is 31.5 Å². The molecule has 2 N–H and O–H groups in total. The summed E-state index contributed by atoms with van der Waals surface area (Å²) in [5, 5.41) is 9.93. The number of nitrogens with zero attached hydrogens (tertiary/aromatic N) is 3. The molecule has 4 heterocycles. The van der Waals surface area contributed by atoms with Gasteiger partial charge in [0.25, 0.3) is 0 Å². The van der Waals surface area contributed by atoms with E-state index < -0.39 is 0 Å². The van der Waals surface area contributed by atoms with Crippen LogP contribution in [0.25, 0.3) is 10.6 Å². The van der Waals surface area contributed by atoms with E-state index in [9.17, 15) is 9.59 Å². The quantitative estimate of drug-likeness (QED) is 0.579. The molecule has 1 aliphatic rings. The lowest BCUT2D eigenvalue weighted by atomic mass is 10.3. The molecule has 0 aliphatic carbocycles. The van der Waals surface area contributed by atoms with E-state index in [2.05, 4.69) is 20.6 Å². The molecule has 3 aromatic heterocycles. The SMILES string of the molecule is O=C1NCCN1CCNc1nccc(-c2cccs2)n1.O=CCc1cccs1. The van der Waals surface area contributed by atoms with Crippen molar-refractivity contribution in [2.45, 2.75) is 6.42 Å². The van der Waals surface area contributed by atoms with Crippen LogP contribution in [0.4, 0.5) is 10.7 Å². The molecule has 4 rings (SSSR count). The Morgan fingerprint density at radius 1 is 1.21 bits per heavy atom. The predicted octanol–water partition coefficient (Wildman–Crippen LogP) is 3.13. The lowest BCUT2D eigenvalue weighted by Crippen LogP contribution is -2.32. The van der Waals surface area contributed by atoms with Crippen molar-refractivity contribution in [1.29, 1.82) is 0 Å². The van der Waals surface area contributed by atoms with Gasteiger partial charge in [0.15, 0.2) is 0 Å². The minimum atomic E-state index is 0.0000506. The van der Waals surface area contributed by atoms with Gasteiger partial charge in [-0.15, -0.1) is 22.7 Å². The summed E-state index contributed by atoms with van der Waals surface area (Å²) in [6, 6.07) is 9.83. The first-order chi connectivity index (χ1) is 13.8. The van der Waals surface area contributed by atoms with Crippen LogP contribution in [0.2, 0.25) is 0 Å². The highest BCUT2D eigenvalue weighted by Gasteiger charge is 2.18. The van der Waals surface area contributed by atoms with Gasteiger partial charge in [0, 0.05) is 43.7 Å². The van der Waals surface area contributed by atoms with Crippen LogP contribution in [-0.4, -0.2) is 53.4 Å². The zero-order chi connectivity index (χ0) is 19.6. The van der Waals surface area contributed by atoms with Gasteiger partial charge < -0.3 is 20.3 Å². The van der Waals surface area contributed by atoms with Crippen molar-refractivity contribution in [3.63, 3.8) is 0 Å². The molecule has 146 valence electrons. The fourth-order valence-corrected chi connectivity index (χ4v) is 3.89. The molecule has 3 aromatic rings. The second-order valence-corrected chi connectivity index (χ2v) is 7.82. The van der Waals surface area contributed by atoms with Crippen molar-refractivity contribution < 1.29 is 9.59 Å². The van der Waals surface area contributed by atoms with Crippen LogP contribution < -0.4 is 10.6 Å². The van der Waals surface area contributed by atoms with Crippen LogP contribution in [0.3, 0.4) is 0 Å². The van der Waals surface area contributed by atoms with Crippen LogP contribution in [-0.2, 0) is 11.2 Å². The van der Waals surface area contributed by atoms with Gasteiger partial charge in [-0.05, 0) is 29.0 Å². The summed E-state index contributed by atoms with van der Waals surface area (Å²) in [6.45, 7) is 2.78. The number of nitrogens with one attached hydrogen (secondary N) is 2. The molecule has 1 saturated heterocycles. The Labute approximate surface area is 171 Å². The third-order valence-corrected chi connectivity index (χ3v) is 5.69. The first-order valence-corrected chi connectivity index (χ1v) is 10.6. The normalized spacial score (nSPS) is 12.9. The molecule has 7 nitrogen and oxygen atoms in total. The van der Waals surface area contributed by atoms with Crippen LogP contribution in [0.5, 0.6) is 0 Å². The third kappa shape index (κ3) is 5.86. The van der Waals surface area contributed by atoms with Gasteiger partial charge in [0.05, 0.1) is 10.6 Å². The lowest BCUT2D eigenvalue weighted by molar-refractivity contribution is -0.107. The topological polar surface area (TPSA) is 87.2 Å². The maximum Gasteiger partial charge on any atom is 0.317 e. The number of anilines is 1. The first kappa shape index (κ1) is 20.0. The minimum Gasteiger partial charge on any atom is -0.352 e. The largest absolute Gasteiger partial charge is 0.352 e. The molecule has 0 radical (unpaired) electrons. The zero-order valence-electron chi connectivity index (χ0n) is 15.2. The highest BCUT2D eigenvalue weighted by atomic mass is 32.1. The number of thiophene rings is 2. The smallest absolute Gasteiger partial charge is 0.317 e. The second kappa shape index (κ2) is 10.5. The Morgan fingerprint density at radius 3 is 2.75 bits per heavy atom. The van der Waals surface area contributed by atoms with E-state index in [0.717, 1.165) is 34.8 Å². The Morgan fingerprint density at radius 2 is 2.07 bits per heavy atom. The van der Waals surface area contributed by atoms with Gasteiger partial charge in [0.2, 0.25) is 5.95 Å². The molecule has 9 heteroatoms. The fraction of sp³-hybridized carbons (Fsp3) is 0.263. The van der Waals surface area contributed by atoms with E-state index in [-0.39, 0.29) is 6.03 Å². The van der Waals surface area contributed by atoms with Crippen molar-refractivity contribution in [3.05, 3.63) is 52.2 Å². The van der Waals surface area contributed by atoms with Crippen molar-refractivity contribution >= 4 is 40.9 Å². The molecular weight excluding hydrogens is 394 g/mol. The number of aromatic nitrogens is 2. The Balaban J connectivity index is 0.000000236. The summed E-state index contributed by atoms with van der Waals surface area (Å²) in [6.07, 6.45) is 3.23. The van der Waals surface area contributed by atoms with E-state index in [1.165, 1.54) is 0 Å². The number of hydrogen-bond donors (Lipinski definition) is 2. The fourth-order valence-electron chi connectivity index (χ4n) is 2.54. The van der Waals surface area contributed by atoms with Gasteiger partial charge in [-0.3, -0.25) is 0 Å². The van der Waals surface area contributed by atoms with Crippen molar-refractivity contribution in [3.8, 4) is 10.6 Å². The molecule has 0 saturated carbocycles. The number of amides is 2. The average Bonchev–Trinajstić information content (AvgIpc) is 3.47. The maximum absolute atomic E-state index is 11.4. The van der Waals surface area contributed by atoms with Gasteiger partial charge in [0.1, 0.15) is 6.29 Å². The van der Waals surface area contributed by atoms with Gasteiger partial charge >= 0.3 is 6.03 Å². The van der Waals surface area contributed by atoms with E-state index in [0.29, 0.717) is 25.5 Å². The monoisotopic (exact) mass is 415 g/mol. The highest BCUT2D eigenvalue weighted by Crippen LogP contribution is 2.22. The lowest BCUT2D eigenvalue weighted by Gasteiger charge is -2.14. The van der Waals surface area contributed by atoms with Gasteiger partial charge in [-0.2, -0.15) is 0 Å². The van der Waals surface area contributed by atoms with Gasteiger partial charge in [-0.25, -0.2) is 14.8 Å². The Bertz CT molecular complexity index is 868. The first-order valence-electron chi connectivity index (χ1n) is 8.86. The summed E-state index contributed by atoms with van der Waals surface area (Å²) in [5.41, 5.74) is 0.913. The molecule has 1 fully saturated rings. The molecule has 1 aliphatic heterocycles. The van der Waals surface area contributed by atoms with E-state index in [4.69, 9.17) is 0 Å². The number of urea groups is 1. The molecule has 0 spiro atoms. The van der Waals surface area contributed by atoms with E-state index >= 15 is 0 Å².